The molecule has 0 aromatic heterocycles. The third-order valence-electron chi connectivity index (χ3n) is 3.63. The first kappa shape index (κ1) is 17.8. The largest absolute Gasteiger partial charge is 0.494 e. The van der Waals surface area contributed by atoms with Gasteiger partial charge in [-0.25, -0.2) is 9.38 Å². The van der Waals surface area contributed by atoms with E-state index >= 15 is 0 Å². The van der Waals surface area contributed by atoms with Crippen molar-refractivity contribution in [1.29, 1.82) is 0 Å². The van der Waals surface area contributed by atoms with Crippen LogP contribution in [-0.4, -0.2) is 19.6 Å². The van der Waals surface area contributed by atoms with Gasteiger partial charge in [-0.3, -0.25) is 0 Å². The van der Waals surface area contributed by atoms with Crippen LogP contribution in [0.15, 0.2) is 53.5 Å². The molecule has 128 valence electrons. The second-order valence-corrected chi connectivity index (χ2v) is 5.44. The third-order valence-corrected chi connectivity index (χ3v) is 3.63. The summed E-state index contributed by atoms with van der Waals surface area (Å²) in [6.45, 7) is 5.23. The van der Waals surface area contributed by atoms with Crippen molar-refractivity contribution in [2.45, 2.75) is 26.4 Å². The molecule has 24 heavy (non-hydrogen) atoms. The van der Waals surface area contributed by atoms with Gasteiger partial charge in [-0.2, -0.15) is 0 Å². The molecule has 0 aliphatic heterocycles. The predicted octanol–water partition coefficient (Wildman–Crippen LogP) is 3.65. The molecule has 1 atom stereocenters. The molecule has 2 aromatic carbocycles. The fourth-order valence-corrected chi connectivity index (χ4v) is 2.33. The molecule has 0 saturated carbocycles. The zero-order valence-corrected chi connectivity index (χ0v) is 14.3. The molecule has 4 nitrogen and oxygen atoms in total. The maximum Gasteiger partial charge on any atom is 0.192 e. The van der Waals surface area contributed by atoms with Gasteiger partial charge in [0, 0.05) is 6.54 Å². The Hall–Kier alpha value is -2.56. The van der Waals surface area contributed by atoms with Gasteiger partial charge in [0.1, 0.15) is 0 Å². The van der Waals surface area contributed by atoms with Crippen molar-refractivity contribution in [2.75, 3.05) is 13.7 Å². The normalized spacial score (nSPS) is 12.6. The topological polar surface area (TPSA) is 45.7 Å². The van der Waals surface area contributed by atoms with Crippen LogP contribution >= 0.6 is 0 Å². The SMILES string of the molecule is CCNC(=NCc1ccc(OC)c(F)c1)NC(C)c1ccccc1. The van der Waals surface area contributed by atoms with Crippen molar-refractivity contribution in [1.82, 2.24) is 10.6 Å². The molecule has 5 heteroatoms. The van der Waals surface area contributed by atoms with Crippen LogP contribution in [-0.2, 0) is 6.54 Å². The molecule has 2 aromatic rings. The van der Waals surface area contributed by atoms with Gasteiger partial charge < -0.3 is 15.4 Å². The minimum atomic E-state index is -0.374. The third kappa shape index (κ3) is 4.98. The summed E-state index contributed by atoms with van der Waals surface area (Å²) in [7, 11) is 1.45. The Bertz CT molecular complexity index is 674. The van der Waals surface area contributed by atoms with E-state index in [4.69, 9.17) is 4.74 Å². The van der Waals surface area contributed by atoms with Crippen molar-refractivity contribution in [3.05, 3.63) is 65.5 Å². The van der Waals surface area contributed by atoms with Gasteiger partial charge in [0.2, 0.25) is 0 Å². The highest BCUT2D eigenvalue weighted by molar-refractivity contribution is 5.80. The van der Waals surface area contributed by atoms with E-state index in [1.165, 1.54) is 18.7 Å². The Balaban J connectivity index is 2.06. The van der Waals surface area contributed by atoms with Crippen LogP contribution in [0.5, 0.6) is 5.75 Å². The van der Waals surface area contributed by atoms with Crippen LogP contribution < -0.4 is 15.4 Å². The van der Waals surface area contributed by atoms with Gasteiger partial charge in [0.05, 0.1) is 19.7 Å². The number of aliphatic imine (C=N–C) groups is 1. The lowest BCUT2D eigenvalue weighted by Crippen LogP contribution is -2.38. The van der Waals surface area contributed by atoms with E-state index in [-0.39, 0.29) is 17.6 Å². The molecule has 0 spiro atoms. The summed E-state index contributed by atoms with van der Waals surface area (Å²) in [6, 6.07) is 15.2. The minimum absolute atomic E-state index is 0.122. The summed E-state index contributed by atoms with van der Waals surface area (Å²) in [5.41, 5.74) is 1.97. The van der Waals surface area contributed by atoms with Crippen molar-refractivity contribution in [2.24, 2.45) is 4.99 Å². The zero-order valence-electron chi connectivity index (χ0n) is 14.3. The second kappa shape index (κ2) is 8.91. The van der Waals surface area contributed by atoms with E-state index in [2.05, 4.69) is 34.7 Å². The Morgan fingerprint density at radius 2 is 1.96 bits per heavy atom. The number of nitrogens with one attached hydrogen (secondary N) is 2. The number of rotatable bonds is 6. The number of ether oxygens (including phenoxy) is 1. The molecule has 0 aliphatic carbocycles. The van der Waals surface area contributed by atoms with Crippen molar-refractivity contribution in [3.63, 3.8) is 0 Å². The van der Waals surface area contributed by atoms with E-state index in [1.54, 1.807) is 6.07 Å². The summed E-state index contributed by atoms with van der Waals surface area (Å²) in [4.78, 5) is 4.53. The highest BCUT2D eigenvalue weighted by Crippen LogP contribution is 2.18. The maximum absolute atomic E-state index is 13.7. The maximum atomic E-state index is 13.7. The lowest BCUT2D eigenvalue weighted by atomic mass is 10.1. The Kier molecular flexibility index (Phi) is 6.61. The average Bonchev–Trinajstić information content (AvgIpc) is 2.60. The Morgan fingerprint density at radius 1 is 1.21 bits per heavy atom. The Labute approximate surface area is 142 Å². The van der Waals surface area contributed by atoms with Crippen molar-refractivity contribution in [3.8, 4) is 5.75 Å². The average molecular weight is 329 g/mol. The van der Waals surface area contributed by atoms with Gasteiger partial charge in [-0.1, -0.05) is 36.4 Å². The highest BCUT2D eigenvalue weighted by atomic mass is 19.1. The molecule has 2 rings (SSSR count). The molecule has 0 bridgehead atoms. The van der Waals surface area contributed by atoms with Crippen LogP contribution in [0.3, 0.4) is 0 Å². The molecular formula is C19H24FN3O. The molecule has 2 N–H and O–H groups in total. The van der Waals surface area contributed by atoms with Crippen molar-refractivity contribution >= 4 is 5.96 Å². The van der Waals surface area contributed by atoms with Gasteiger partial charge in [-0.15, -0.1) is 0 Å². The van der Waals surface area contributed by atoms with Crippen LogP contribution in [0.4, 0.5) is 4.39 Å². The number of halogens is 1. The molecule has 0 aliphatic rings. The van der Waals surface area contributed by atoms with E-state index in [1.807, 2.05) is 31.2 Å². The van der Waals surface area contributed by atoms with E-state index < -0.39 is 0 Å². The van der Waals surface area contributed by atoms with Crippen LogP contribution in [0.25, 0.3) is 0 Å². The second-order valence-electron chi connectivity index (χ2n) is 5.44. The minimum Gasteiger partial charge on any atom is -0.494 e. The summed E-state index contributed by atoms with van der Waals surface area (Å²) < 4.78 is 18.7. The summed E-state index contributed by atoms with van der Waals surface area (Å²) in [6.07, 6.45) is 0. The molecule has 0 heterocycles. The van der Waals surface area contributed by atoms with Gasteiger partial charge in [0.15, 0.2) is 17.5 Å². The fraction of sp³-hybridized carbons (Fsp3) is 0.316. The van der Waals surface area contributed by atoms with E-state index in [0.717, 1.165) is 12.1 Å². The highest BCUT2D eigenvalue weighted by Gasteiger charge is 2.08. The smallest absolute Gasteiger partial charge is 0.192 e. The summed E-state index contributed by atoms with van der Waals surface area (Å²) in [5, 5.41) is 6.57. The standard InChI is InChI=1S/C19H24FN3O/c1-4-21-19(23-14(2)16-8-6-5-7-9-16)22-13-15-10-11-18(24-3)17(20)12-15/h5-12,14H,4,13H2,1-3H3,(H2,21,22,23). The quantitative estimate of drug-likeness (QED) is 0.628. The number of nitrogens with zero attached hydrogens (tertiary/aromatic N) is 1. The van der Waals surface area contributed by atoms with Gasteiger partial charge in [-0.05, 0) is 37.1 Å². The monoisotopic (exact) mass is 329 g/mol. The number of methoxy groups -OCH3 is 1. The summed E-state index contributed by atoms with van der Waals surface area (Å²) >= 11 is 0. The van der Waals surface area contributed by atoms with E-state index in [9.17, 15) is 4.39 Å². The van der Waals surface area contributed by atoms with Crippen LogP contribution in [0, 0.1) is 5.82 Å². The number of benzene rings is 2. The van der Waals surface area contributed by atoms with Gasteiger partial charge >= 0.3 is 0 Å². The lowest BCUT2D eigenvalue weighted by Gasteiger charge is -2.18. The van der Waals surface area contributed by atoms with Crippen LogP contribution in [0.2, 0.25) is 0 Å². The number of hydrogen-bond donors (Lipinski definition) is 2. The van der Waals surface area contributed by atoms with E-state index in [0.29, 0.717) is 12.5 Å². The lowest BCUT2D eigenvalue weighted by molar-refractivity contribution is 0.386. The van der Waals surface area contributed by atoms with Gasteiger partial charge in [0.25, 0.3) is 0 Å². The number of guanidine groups is 1. The molecule has 0 fully saturated rings. The first-order valence-electron chi connectivity index (χ1n) is 8.06. The number of hydrogen-bond acceptors (Lipinski definition) is 2. The zero-order chi connectivity index (χ0) is 17.4. The van der Waals surface area contributed by atoms with Crippen molar-refractivity contribution < 1.29 is 9.13 Å². The molecule has 0 saturated heterocycles. The predicted molar refractivity (Wildman–Crippen MR) is 95.8 cm³/mol. The Morgan fingerprint density at radius 3 is 2.58 bits per heavy atom. The van der Waals surface area contributed by atoms with Crippen LogP contribution in [0.1, 0.15) is 31.0 Å². The fourth-order valence-electron chi connectivity index (χ4n) is 2.33. The summed E-state index contributed by atoms with van der Waals surface area (Å²) in [5.74, 6) is 0.566. The molecular weight excluding hydrogens is 305 g/mol. The molecule has 0 amide bonds. The molecule has 0 radical (unpaired) electrons. The first-order valence-corrected chi connectivity index (χ1v) is 8.06. The first-order chi connectivity index (χ1) is 11.6. The molecule has 1 unspecified atom stereocenters.